The van der Waals surface area contributed by atoms with E-state index in [1.807, 2.05) is 30.5 Å². The van der Waals surface area contributed by atoms with Crippen LogP contribution in [0.1, 0.15) is 36.6 Å². The van der Waals surface area contributed by atoms with Gasteiger partial charge in [-0.15, -0.1) is 0 Å². The summed E-state index contributed by atoms with van der Waals surface area (Å²) >= 11 is 20.0. The van der Waals surface area contributed by atoms with Crippen LogP contribution >= 0.6 is 46.9 Å². The van der Waals surface area contributed by atoms with Gasteiger partial charge in [0, 0.05) is 33.9 Å². The van der Waals surface area contributed by atoms with Crippen LogP contribution in [0.4, 0.5) is 0 Å². The number of hydrogen-bond acceptors (Lipinski definition) is 7. The molecule has 3 aliphatic heterocycles. The molecule has 0 amide bonds. The van der Waals surface area contributed by atoms with Gasteiger partial charge in [0.05, 0.1) is 35.6 Å². The van der Waals surface area contributed by atoms with Gasteiger partial charge in [0.15, 0.2) is 0 Å². The van der Waals surface area contributed by atoms with Crippen LogP contribution in [0.25, 0.3) is 0 Å². The summed E-state index contributed by atoms with van der Waals surface area (Å²) in [5, 5.41) is 5.95. The maximum atomic E-state index is 13.8. The average Bonchev–Trinajstić information content (AvgIpc) is 3.48. The van der Waals surface area contributed by atoms with E-state index >= 15 is 0 Å². The van der Waals surface area contributed by atoms with Crippen LogP contribution in [-0.2, 0) is 10.0 Å². The van der Waals surface area contributed by atoms with Crippen molar-refractivity contribution in [3.05, 3.63) is 103 Å². The first-order valence-corrected chi connectivity index (χ1v) is 14.0. The van der Waals surface area contributed by atoms with Crippen molar-refractivity contribution in [3.8, 4) is 0 Å². The number of sulfonamides is 1. The molecule has 7 nitrogen and oxygen atoms in total. The van der Waals surface area contributed by atoms with Crippen LogP contribution in [0, 0.1) is 0 Å². The Hall–Kier alpha value is -2.14. The lowest BCUT2D eigenvalue weighted by atomic mass is 9.96. The fourth-order valence-electron chi connectivity index (χ4n) is 4.13. The third-order valence-corrected chi connectivity index (χ3v) is 9.00. The Kier molecular flexibility index (Phi) is 6.82. The smallest absolute Gasteiger partial charge is 0.243 e. The summed E-state index contributed by atoms with van der Waals surface area (Å²) in [6.07, 6.45) is 5.72. The van der Waals surface area contributed by atoms with Gasteiger partial charge in [-0.1, -0.05) is 53.0 Å². The second-order valence-electron chi connectivity index (χ2n) is 8.15. The van der Waals surface area contributed by atoms with Crippen molar-refractivity contribution in [2.75, 3.05) is 0 Å². The van der Waals surface area contributed by atoms with E-state index in [1.54, 1.807) is 41.7 Å². The first kappa shape index (κ1) is 24.5. The molecule has 0 spiro atoms. The van der Waals surface area contributed by atoms with Crippen molar-refractivity contribution in [1.29, 1.82) is 0 Å². The summed E-state index contributed by atoms with van der Waals surface area (Å²) in [7, 11) is -3.99. The average molecular weight is 569 g/mol. The molecular formula is C23H20Cl3N5O2S2. The lowest BCUT2D eigenvalue weighted by molar-refractivity contribution is 0.580. The lowest BCUT2D eigenvalue weighted by Crippen LogP contribution is -2.36. The molecule has 0 fully saturated rings. The van der Waals surface area contributed by atoms with Gasteiger partial charge >= 0.3 is 0 Å². The standard InChI is InChI=1S/C23H20Cl3N5O2S2/c1-13-8-9-31-21(12-27-34-31)23(13)35(32,33)30-22(17-7-6-16(25)10-18(17)26)20-11-19(28-29-20)14-2-4-15(24)5-3-14/h2-10,12,19,22,27-28,30H,11H2,1H3. The van der Waals surface area contributed by atoms with Crippen molar-refractivity contribution in [3.63, 3.8) is 0 Å². The monoisotopic (exact) mass is 567 g/mol. The molecule has 5 rings (SSSR count). The fraction of sp³-hybridized carbons (Fsp3) is 0.174. The number of fused-ring (bicyclic) bond motifs is 1. The number of allylic oxidation sites excluding steroid dienone is 2. The van der Waals surface area contributed by atoms with E-state index in [-0.39, 0.29) is 10.9 Å². The van der Waals surface area contributed by atoms with E-state index in [0.29, 0.717) is 44.0 Å². The molecule has 0 radical (unpaired) electrons. The summed E-state index contributed by atoms with van der Waals surface area (Å²) < 4.78 is 35.2. The zero-order valence-electron chi connectivity index (χ0n) is 18.3. The Morgan fingerprint density at radius 2 is 1.89 bits per heavy atom. The molecule has 182 valence electrons. The molecule has 2 aromatic rings. The van der Waals surface area contributed by atoms with Gasteiger partial charge in [0.1, 0.15) is 4.91 Å². The highest BCUT2D eigenvalue weighted by atomic mass is 35.5. The minimum Gasteiger partial charge on any atom is -0.316 e. The number of benzene rings is 2. The quantitative estimate of drug-likeness (QED) is 0.382. The Bertz CT molecular complexity index is 1400. The molecule has 0 bridgehead atoms. The summed E-state index contributed by atoms with van der Waals surface area (Å²) in [4.78, 5) is 0.188. The van der Waals surface area contributed by atoms with Crippen LogP contribution in [0.15, 0.2) is 82.2 Å². The molecule has 12 heteroatoms. The largest absolute Gasteiger partial charge is 0.316 e. The minimum atomic E-state index is -3.99. The maximum Gasteiger partial charge on any atom is 0.243 e. The van der Waals surface area contributed by atoms with Crippen LogP contribution < -0.4 is 14.9 Å². The number of nitrogens with zero attached hydrogens (tertiary/aromatic N) is 2. The van der Waals surface area contributed by atoms with Crippen molar-refractivity contribution < 1.29 is 8.42 Å². The molecule has 0 saturated carbocycles. The van der Waals surface area contributed by atoms with Gasteiger partial charge in [0.2, 0.25) is 10.0 Å². The number of halogens is 3. The molecule has 3 N–H and O–H groups in total. The molecule has 3 heterocycles. The van der Waals surface area contributed by atoms with E-state index < -0.39 is 16.1 Å². The highest BCUT2D eigenvalue weighted by Gasteiger charge is 2.37. The maximum absolute atomic E-state index is 13.8. The Balaban J connectivity index is 1.50. The summed E-state index contributed by atoms with van der Waals surface area (Å²) in [5.74, 6) is 0. The van der Waals surface area contributed by atoms with Crippen molar-refractivity contribution in [2.24, 2.45) is 5.10 Å². The molecule has 0 aromatic heterocycles. The Labute approximate surface area is 223 Å². The summed E-state index contributed by atoms with van der Waals surface area (Å²) in [5.41, 5.74) is 6.44. The zero-order chi connectivity index (χ0) is 24.7. The SMILES string of the molecule is CC1=C(S(=O)(=O)NC(C2=NNC(c3ccc(Cl)cc3)C2)c2ccc(Cl)cc2Cl)C2=CNSN2C=C1. The van der Waals surface area contributed by atoms with E-state index in [1.165, 1.54) is 12.1 Å². The number of rotatable bonds is 6. The second kappa shape index (κ2) is 9.72. The number of nitrogens with one attached hydrogen (secondary N) is 3. The Morgan fingerprint density at radius 1 is 1.14 bits per heavy atom. The number of hydrogen-bond donors (Lipinski definition) is 3. The molecule has 3 aliphatic rings. The van der Waals surface area contributed by atoms with E-state index in [4.69, 9.17) is 34.8 Å². The van der Waals surface area contributed by atoms with E-state index in [9.17, 15) is 8.42 Å². The van der Waals surface area contributed by atoms with Gasteiger partial charge in [0.25, 0.3) is 0 Å². The van der Waals surface area contributed by atoms with Crippen LogP contribution in [0.3, 0.4) is 0 Å². The van der Waals surface area contributed by atoms with Gasteiger partial charge in [-0.25, -0.2) is 8.42 Å². The minimum absolute atomic E-state index is 0.132. The number of hydrazone groups is 1. The topological polar surface area (TPSA) is 85.8 Å². The van der Waals surface area contributed by atoms with Gasteiger partial charge in [-0.2, -0.15) is 9.82 Å². The van der Waals surface area contributed by atoms with Crippen LogP contribution in [0.5, 0.6) is 0 Å². The highest BCUT2D eigenvalue weighted by molar-refractivity contribution is 7.96. The highest BCUT2D eigenvalue weighted by Crippen LogP contribution is 2.38. The first-order chi connectivity index (χ1) is 16.7. The van der Waals surface area contributed by atoms with Gasteiger partial charge in [-0.05, 0) is 54.0 Å². The van der Waals surface area contributed by atoms with Crippen molar-refractivity contribution in [1.82, 2.24) is 19.2 Å². The molecule has 0 saturated heterocycles. The molecule has 2 aromatic carbocycles. The molecule has 2 unspecified atom stereocenters. The van der Waals surface area contributed by atoms with Gasteiger partial charge in [-0.3, -0.25) is 4.31 Å². The molecule has 2 atom stereocenters. The summed E-state index contributed by atoms with van der Waals surface area (Å²) in [6.45, 7) is 1.77. The molecule has 0 aliphatic carbocycles. The zero-order valence-corrected chi connectivity index (χ0v) is 22.2. The lowest BCUT2D eigenvalue weighted by Gasteiger charge is -2.26. The normalized spacial score (nSPS) is 20.2. The van der Waals surface area contributed by atoms with E-state index in [2.05, 4.69) is 20.0 Å². The summed E-state index contributed by atoms with van der Waals surface area (Å²) in [6, 6.07) is 11.5. The molecular weight excluding hydrogens is 549 g/mol. The Morgan fingerprint density at radius 3 is 2.63 bits per heavy atom. The van der Waals surface area contributed by atoms with E-state index in [0.717, 1.165) is 5.56 Å². The van der Waals surface area contributed by atoms with Crippen LogP contribution in [-0.4, -0.2) is 18.4 Å². The predicted molar refractivity (Wildman–Crippen MR) is 143 cm³/mol. The third kappa shape index (κ3) is 4.94. The second-order valence-corrected chi connectivity index (χ2v) is 11.9. The molecule has 35 heavy (non-hydrogen) atoms. The van der Waals surface area contributed by atoms with Crippen LogP contribution in [0.2, 0.25) is 15.1 Å². The van der Waals surface area contributed by atoms with Gasteiger partial charge < -0.3 is 10.1 Å². The third-order valence-electron chi connectivity index (χ3n) is 5.83. The fourth-order valence-corrected chi connectivity index (χ4v) is 7.09. The van der Waals surface area contributed by atoms with Crippen molar-refractivity contribution >= 4 is 62.7 Å². The predicted octanol–water partition coefficient (Wildman–Crippen LogP) is 5.81. The first-order valence-electron chi connectivity index (χ1n) is 10.6. The van der Waals surface area contributed by atoms with Crippen molar-refractivity contribution in [2.45, 2.75) is 25.4 Å².